The zero-order chi connectivity index (χ0) is 16.1. The third-order valence-corrected chi connectivity index (χ3v) is 4.76. The Labute approximate surface area is 151 Å². The second-order valence-electron chi connectivity index (χ2n) is 5.53. The lowest BCUT2D eigenvalue weighted by Crippen LogP contribution is -2.44. The van der Waals surface area contributed by atoms with Crippen LogP contribution in [0.5, 0.6) is 0 Å². The fourth-order valence-electron chi connectivity index (χ4n) is 2.49. The topological polar surface area (TPSA) is 71.3 Å². The second-order valence-corrected chi connectivity index (χ2v) is 6.51. The molecule has 1 fully saturated rings. The third kappa shape index (κ3) is 4.80. The van der Waals surface area contributed by atoms with E-state index in [1.54, 1.807) is 0 Å². The number of carbonyl (C=O) groups is 1. The van der Waals surface area contributed by atoms with Gasteiger partial charge in [-0.3, -0.25) is 9.69 Å². The maximum absolute atomic E-state index is 12.0. The van der Waals surface area contributed by atoms with Crippen LogP contribution in [0.4, 0.5) is 0 Å². The van der Waals surface area contributed by atoms with E-state index in [9.17, 15) is 4.79 Å². The first kappa shape index (κ1) is 18.9. The van der Waals surface area contributed by atoms with Gasteiger partial charge in [0.2, 0.25) is 5.89 Å². The average molecular weight is 369 g/mol. The highest BCUT2D eigenvalue weighted by molar-refractivity contribution is 7.99. The number of carbonyl (C=O) groups excluding carboxylic acids is 1. The summed E-state index contributed by atoms with van der Waals surface area (Å²) in [6.45, 7) is 2.78. The highest BCUT2D eigenvalue weighted by atomic mass is 35.5. The van der Waals surface area contributed by atoms with Crippen molar-refractivity contribution in [3.63, 3.8) is 0 Å². The first-order valence-corrected chi connectivity index (χ1v) is 8.79. The van der Waals surface area contributed by atoms with Crippen LogP contribution in [0.2, 0.25) is 0 Å². The molecule has 1 atom stereocenters. The van der Waals surface area contributed by atoms with Crippen molar-refractivity contribution in [2.45, 2.75) is 11.8 Å². The lowest BCUT2D eigenvalue weighted by atomic mass is 10.2. The summed E-state index contributed by atoms with van der Waals surface area (Å²) in [4.78, 5) is 18.7. The summed E-state index contributed by atoms with van der Waals surface area (Å²) >= 11 is 1.50. The van der Waals surface area contributed by atoms with Crippen molar-refractivity contribution in [1.82, 2.24) is 20.4 Å². The van der Waals surface area contributed by atoms with Crippen molar-refractivity contribution in [2.75, 3.05) is 32.4 Å². The second kappa shape index (κ2) is 9.17. The van der Waals surface area contributed by atoms with Gasteiger partial charge in [-0.05, 0) is 7.05 Å². The molecule has 0 spiro atoms. The van der Waals surface area contributed by atoms with E-state index < -0.39 is 0 Å². The average Bonchev–Trinajstić information content (AvgIpc) is 3.04. The molecule has 0 bridgehead atoms. The number of benzene rings is 1. The monoisotopic (exact) mass is 368 g/mol. The van der Waals surface area contributed by atoms with Crippen molar-refractivity contribution < 1.29 is 9.32 Å². The molecule has 8 heteroatoms. The number of likely N-dealkylation sites (N-methyl/N-ethyl adjacent to an activating group) is 1. The standard InChI is InChI=1S/C16H20N4O2S.ClH/c1-20-8-7-17-9-13(20)16-18-15(22-19-16)11-23-10-14(21)12-5-3-2-4-6-12;/h2-6,13,17H,7-11H2,1H3;1H. The molecular formula is C16H21ClN4O2S. The molecule has 6 nitrogen and oxygen atoms in total. The van der Waals surface area contributed by atoms with E-state index in [-0.39, 0.29) is 24.2 Å². The van der Waals surface area contributed by atoms with Gasteiger partial charge in [-0.2, -0.15) is 4.98 Å². The Morgan fingerprint density at radius 1 is 1.42 bits per heavy atom. The van der Waals surface area contributed by atoms with Crippen LogP contribution in [-0.2, 0) is 5.75 Å². The SMILES string of the molecule is CN1CCNCC1c1noc(CSCC(=O)c2ccccc2)n1.Cl. The lowest BCUT2D eigenvalue weighted by Gasteiger charge is -2.30. The van der Waals surface area contributed by atoms with Gasteiger partial charge in [0.25, 0.3) is 0 Å². The molecule has 0 aliphatic carbocycles. The van der Waals surface area contributed by atoms with Gasteiger partial charge in [0.15, 0.2) is 11.6 Å². The van der Waals surface area contributed by atoms with Gasteiger partial charge >= 0.3 is 0 Å². The Morgan fingerprint density at radius 3 is 2.96 bits per heavy atom. The van der Waals surface area contributed by atoms with Crippen LogP contribution in [0.3, 0.4) is 0 Å². The molecule has 1 N–H and O–H groups in total. The number of Topliss-reactive ketones (excluding diaryl/α,β-unsaturated/α-hetero) is 1. The minimum atomic E-state index is 0. The Hall–Kier alpha value is -1.41. The van der Waals surface area contributed by atoms with E-state index in [4.69, 9.17) is 4.52 Å². The summed E-state index contributed by atoms with van der Waals surface area (Å²) in [5, 5.41) is 7.42. The molecule has 1 aromatic heterocycles. The van der Waals surface area contributed by atoms with E-state index in [0.717, 1.165) is 25.2 Å². The number of halogens is 1. The minimum absolute atomic E-state index is 0. The van der Waals surface area contributed by atoms with Gasteiger partial charge < -0.3 is 9.84 Å². The largest absolute Gasteiger partial charge is 0.338 e. The fourth-order valence-corrected chi connectivity index (χ4v) is 3.24. The lowest BCUT2D eigenvalue weighted by molar-refractivity contribution is 0.102. The van der Waals surface area contributed by atoms with Gasteiger partial charge in [0.05, 0.1) is 17.5 Å². The van der Waals surface area contributed by atoms with Crippen LogP contribution in [0, 0.1) is 0 Å². The van der Waals surface area contributed by atoms with Gasteiger partial charge in [0.1, 0.15) is 0 Å². The molecule has 24 heavy (non-hydrogen) atoms. The molecule has 0 saturated carbocycles. The van der Waals surface area contributed by atoms with Crippen LogP contribution >= 0.6 is 24.2 Å². The number of hydrogen-bond donors (Lipinski definition) is 1. The summed E-state index contributed by atoms with van der Waals surface area (Å²) in [7, 11) is 2.06. The molecule has 0 amide bonds. The maximum Gasteiger partial charge on any atom is 0.236 e. The molecule has 3 rings (SSSR count). The molecule has 1 aromatic carbocycles. The summed E-state index contributed by atoms with van der Waals surface area (Å²) in [5.41, 5.74) is 0.737. The third-order valence-electron chi connectivity index (χ3n) is 3.85. The van der Waals surface area contributed by atoms with Gasteiger partial charge in [-0.15, -0.1) is 24.2 Å². The smallest absolute Gasteiger partial charge is 0.236 e. The predicted molar refractivity (Wildman–Crippen MR) is 96.7 cm³/mol. The van der Waals surface area contributed by atoms with Crippen LogP contribution in [0.1, 0.15) is 28.1 Å². The maximum atomic E-state index is 12.0. The van der Waals surface area contributed by atoms with Gasteiger partial charge in [-0.25, -0.2) is 0 Å². The van der Waals surface area contributed by atoms with Crippen molar-refractivity contribution in [3.05, 3.63) is 47.6 Å². The van der Waals surface area contributed by atoms with Crippen molar-refractivity contribution in [3.8, 4) is 0 Å². The van der Waals surface area contributed by atoms with Crippen LogP contribution in [-0.4, -0.2) is 53.3 Å². The molecular weight excluding hydrogens is 348 g/mol. The number of hydrogen-bond acceptors (Lipinski definition) is 7. The number of ketones is 1. The zero-order valence-electron chi connectivity index (χ0n) is 13.5. The first-order valence-electron chi connectivity index (χ1n) is 7.63. The molecule has 1 aliphatic rings. The van der Waals surface area contributed by atoms with E-state index >= 15 is 0 Å². The van der Waals surface area contributed by atoms with Crippen molar-refractivity contribution >= 4 is 30.0 Å². The number of aromatic nitrogens is 2. The number of thioether (sulfide) groups is 1. The molecule has 0 radical (unpaired) electrons. The molecule has 2 aromatic rings. The van der Waals surface area contributed by atoms with Gasteiger partial charge in [0, 0.05) is 25.2 Å². The Balaban J connectivity index is 0.00000208. The summed E-state index contributed by atoms with van der Waals surface area (Å²) in [6.07, 6.45) is 0. The molecule has 1 unspecified atom stereocenters. The highest BCUT2D eigenvalue weighted by Gasteiger charge is 2.25. The number of piperazine rings is 1. The molecule has 1 saturated heterocycles. The quantitative estimate of drug-likeness (QED) is 0.783. The summed E-state index contributed by atoms with van der Waals surface area (Å²) < 4.78 is 5.31. The van der Waals surface area contributed by atoms with Crippen LogP contribution < -0.4 is 5.32 Å². The predicted octanol–water partition coefficient (Wildman–Crippen LogP) is 2.18. The van der Waals surface area contributed by atoms with E-state index in [1.165, 1.54) is 11.8 Å². The molecule has 1 aliphatic heterocycles. The Kier molecular flexibility index (Phi) is 7.23. The fraction of sp³-hybridized carbons (Fsp3) is 0.438. The molecule has 2 heterocycles. The normalized spacial score (nSPS) is 18.1. The van der Waals surface area contributed by atoms with Crippen molar-refractivity contribution in [1.29, 1.82) is 0 Å². The summed E-state index contributed by atoms with van der Waals surface area (Å²) in [6, 6.07) is 9.46. The Morgan fingerprint density at radius 2 is 2.21 bits per heavy atom. The molecule has 130 valence electrons. The number of nitrogens with one attached hydrogen (secondary N) is 1. The van der Waals surface area contributed by atoms with Gasteiger partial charge in [-0.1, -0.05) is 35.5 Å². The Bertz CT molecular complexity index is 653. The van der Waals surface area contributed by atoms with Crippen LogP contribution in [0.25, 0.3) is 0 Å². The zero-order valence-corrected chi connectivity index (χ0v) is 15.1. The van der Waals surface area contributed by atoms with Crippen molar-refractivity contribution in [2.24, 2.45) is 0 Å². The number of nitrogens with zero attached hydrogens (tertiary/aromatic N) is 3. The van der Waals surface area contributed by atoms with E-state index in [0.29, 0.717) is 23.2 Å². The first-order chi connectivity index (χ1) is 11.2. The minimum Gasteiger partial charge on any atom is -0.338 e. The van der Waals surface area contributed by atoms with Crippen LogP contribution in [0.15, 0.2) is 34.9 Å². The van der Waals surface area contributed by atoms with E-state index in [1.807, 2.05) is 30.3 Å². The van der Waals surface area contributed by atoms with E-state index in [2.05, 4.69) is 27.4 Å². The highest BCUT2D eigenvalue weighted by Crippen LogP contribution is 2.19. The summed E-state index contributed by atoms with van der Waals surface area (Å²) in [5.74, 6) is 2.36. The number of rotatable bonds is 6.